The number of rotatable bonds is 6. The third-order valence-corrected chi connectivity index (χ3v) is 7.64. The quantitative estimate of drug-likeness (QED) is 0.703. The number of carbonyl (C=O) groups is 1. The molecule has 2 N–H and O–H groups in total. The van der Waals surface area contributed by atoms with E-state index in [1.807, 2.05) is 0 Å². The molecule has 1 amide bonds. The normalized spacial score (nSPS) is 16.1. The summed E-state index contributed by atoms with van der Waals surface area (Å²) in [4.78, 5) is 27.9. The number of sulfonamides is 1. The summed E-state index contributed by atoms with van der Waals surface area (Å²) in [6.07, 6.45) is 6.35. The van der Waals surface area contributed by atoms with Gasteiger partial charge in [-0.3, -0.25) is 9.59 Å². The second-order valence-electron chi connectivity index (χ2n) is 7.51. The largest absolute Gasteiger partial charge is 0.349 e. The molecule has 158 valence electrons. The topological polar surface area (TPSA) is 99.3 Å². The second-order valence-corrected chi connectivity index (χ2v) is 9.44. The fraction of sp³-hybridized carbons (Fsp3) is 0.524. The van der Waals surface area contributed by atoms with Crippen molar-refractivity contribution in [3.63, 3.8) is 0 Å². The average Bonchev–Trinajstić information content (AvgIpc) is 2.96. The van der Waals surface area contributed by atoms with Crippen LogP contribution in [0.4, 0.5) is 0 Å². The van der Waals surface area contributed by atoms with Crippen molar-refractivity contribution in [1.82, 2.24) is 14.6 Å². The summed E-state index contributed by atoms with van der Waals surface area (Å²) in [6, 6.07) is 5.85. The van der Waals surface area contributed by atoms with E-state index in [9.17, 15) is 18.0 Å². The first-order valence-electron chi connectivity index (χ1n) is 10.3. The molecule has 0 atom stereocenters. The van der Waals surface area contributed by atoms with Crippen molar-refractivity contribution in [2.24, 2.45) is 0 Å². The lowest BCUT2D eigenvalue weighted by Crippen LogP contribution is -2.35. The first-order valence-corrected chi connectivity index (χ1v) is 11.8. The summed E-state index contributed by atoms with van der Waals surface area (Å²) >= 11 is 0. The molecule has 1 aromatic heterocycles. The molecule has 2 aromatic rings. The summed E-state index contributed by atoms with van der Waals surface area (Å²) in [6.45, 7) is 4.28. The molecule has 1 fully saturated rings. The van der Waals surface area contributed by atoms with E-state index in [0.29, 0.717) is 24.0 Å². The fourth-order valence-corrected chi connectivity index (χ4v) is 5.47. The van der Waals surface area contributed by atoms with Gasteiger partial charge in [0.05, 0.1) is 10.5 Å². The summed E-state index contributed by atoms with van der Waals surface area (Å²) in [5.41, 5.74) is 0.273. The van der Waals surface area contributed by atoms with Crippen molar-refractivity contribution in [2.75, 3.05) is 13.1 Å². The van der Waals surface area contributed by atoms with Gasteiger partial charge in [0.15, 0.2) is 0 Å². The van der Waals surface area contributed by atoms with Crippen molar-refractivity contribution in [3.05, 3.63) is 40.2 Å². The van der Waals surface area contributed by atoms with E-state index in [4.69, 9.17) is 0 Å². The Morgan fingerprint density at radius 3 is 2.38 bits per heavy atom. The molecular formula is C21H29N3O4S. The Bertz CT molecular complexity index is 1030. The monoisotopic (exact) mass is 419 g/mol. The van der Waals surface area contributed by atoms with Gasteiger partial charge in [-0.1, -0.05) is 39.5 Å². The lowest BCUT2D eigenvalue weighted by molar-refractivity contribution is 0.0935. The zero-order valence-electron chi connectivity index (χ0n) is 17.0. The predicted molar refractivity (Wildman–Crippen MR) is 114 cm³/mol. The summed E-state index contributed by atoms with van der Waals surface area (Å²) < 4.78 is 27.2. The van der Waals surface area contributed by atoms with Crippen LogP contribution in [-0.2, 0) is 10.0 Å². The van der Waals surface area contributed by atoms with Crippen LogP contribution in [0.15, 0.2) is 34.0 Å². The maximum atomic E-state index is 13.0. The molecule has 0 aliphatic heterocycles. The van der Waals surface area contributed by atoms with Crippen LogP contribution in [0.5, 0.6) is 0 Å². The highest BCUT2D eigenvalue weighted by Gasteiger charge is 2.24. The lowest BCUT2D eigenvalue weighted by Gasteiger charge is -2.19. The number of hydrogen-bond donors (Lipinski definition) is 2. The Morgan fingerprint density at radius 1 is 1.10 bits per heavy atom. The maximum Gasteiger partial charge on any atom is 0.252 e. The number of nitrogens with zero attached hydrogens (tertiary/aromatic N) is 1. The smallest absolute Gasteiger partial charge is 0.252 e. The summed E-state index contributed by atoms with van der Waals surface area (Å²) in [5.74, 6) is -0.328. The summed E-state index contributed by atoms with van der Waals surface area (Å²) in [5, 5.41) is 3.48. The van der Waals surface area contributed by atoms with Gasteiger partial charge in [0, 0.05) is 36.1 Å². The minimum Gasteiger partial charge on any atom is -0.349 e. The number of hydrogen-bond acceptors (Lipinski definition) is 4. The molecule has 1 aromatic carbocycles. The van der Waals surface area contributed by atoms with Crippen LogP contribution >= 0.6 is 0 Å². The Morgan fingerprint density at radius 2 is 1.76 bits per heavy atom. The Kier molecular flexibility index (Phi) is 6.74. The van der Waals surface area contributed by atoms with E-state index in [-0.39, 0.29) is 28.0 Å². The van der Waals surface area contributed by atoms with Crippen molar-refractivity contribution in [1.29, 1.82) is 0 Å². The zero-order valence-corrected chi connectivity index (χ0v) is 17.8. The van der Waals surface area contributed by atoms with Gasteiger partial charge in [0.1, 0.15) is 0 Å². The highest BCUT2D eigenvalue weighted by molar-refractivity contribution is 7.89. The molecule has 0 unspecified atom stereocenters. The number of H-pyrrole nitrogens is 1. The van der Waals surface area contributed by atoms with E-state index in [0.717, 1.165) is 25.7 Å². The van der Waals surface area contributed by atoms with Crippen LogP contribution < -0.4 is 10.9 Å². The molecule has 7 nitrogen and oxygen atoms in total. The van der Waals surface area contributed by atoms with Crippen molar-refractivity contribution >= 4 is 26.8 Å². The van der Waals surface area contributed by atoms with Crippen LogP contribution in [0.25, 0.3) is 10.9 Å². The number of aromatic nitrogens is 1. The zero-order chi connectivity index (χ0) is 21.0. The fourth-order valence-electron chi connectivity index (χ4n) is 3.98. The number of benzene rings is 1. The van der Waals surface area contributed by atoms with Gasteiger partial charge in [-0.15, -0.1) is 0 Å². The van der Waals surface area contributed by atoms with E-state index < -0.39 is 10.0 Å². The lowest BCUT2D eigenvalue weighted by atomic mass is 10.1. The van der Waals surface area contributed by atoms with Crippen LogP contribution in [-0.4, -0.2) is 42.7 Å². The Hall–Kier alpha value is -2.19. The molecule has 29 heavy (non-hydrogen) atoms. The van der Waals surface area contributed by atoms with Crippen molar-refractivity contribution < 1.29 is 13.2 Å². The highest BCUT2D eigenvalue weighted by Crippen LogP contribution is 2.24. The molecule has 0 bridgehead atoms. The third kappa shape index (κ3) is 4.70. The molecule has 0 saturated heterocycles. The molecule has 1 saturated carbocycles. The molecule has 3 rings (SSSR count). The molecular weight excluding hydrogens is 390 g/mol. The molecule has 0 spiro atoms. The van der Waals surface area contributed by atoms with Crippen LogP contribution in [0.2, 0.25) is 0 Å². The minimum absolute atomic E-state index is 0.0851. The number of fused-ring (bicyclic) bond motifs is 1. The second kappa shape index (κ2) is 9.09. The van der Waals surface area contributed by atoms with E-state index in [1.54, 1.807) is 19.9 Å². The number of aromatic amines is 1. The van der Waals surface area contributed by atoms with Crippen LogP contribution in [0.3, 0.4) is 0 Å². The van der Waals surface area contributed by atoms with Crippen molar-refractivity contribution in [3.8, 4) is 0 Å². The van der Waals surface area contributed by atoms with Gasteiger partial charge in [0.25, 0.3) is 5.91 Å². The van der Waals surface area contributed by atoms with Crippen LogP contribution in [0.1, 0.15) is 62.7 Å². The number of pyridine rings is 1. The van der Waals surface area contributed by atoms with E-state index >= 15 is 0 Å². The molecule has 1 aliphatic carbocycles. The standard InChI is InChI=1S/C21H29N3O4S/c1-3-24(4-2)29(27,28)16-11-12-19-17(13-16)18(14-20(25)23-19)21(26)22-15-9-7-5-6-8-10-15/h11-15H,3-10H2,1-2H3,(H,22,26)(H,23,25). The van der Waals surface area contributed by atoms with Gasteiger partial charge in [0.2, 0.25) is 15.6 Å². The van der Waals surface area contributed by atoms with Gasteiger partial charge >= 0.3 is 0 Å². The van der Waals surface area contributed by atoms with E-state index in [2.05, 4.69) is 10.3 Å². The SMILES string of the molecule is CCN(CC)S(=O)(=O)c1ccc2[nH]c(=O)cc(C(=O)NC3CCCCCC3)c2c1. The highest BCUT2D eigenvalue weighted by atomic mass is 32.2. The Balaban J connectivity index is 2.02. The summed E-state index contributed by atoms with van der Waals surface area (Å²) in [7, 11) is -3.67. The average molecular weight is 420 g/mol. The van der Waals surface area contributed by atoms with Gasteiger partial charge < -0.3 is 10.3 Å². The Labute approximate surface area is 171 Å². The molecule has 8 heteroatoms. The van der Waals surface area contributed by atoms with Crippen LogP contribution in [0, 0.1) is 0 Å². The first kappa shape index (κ1) is 21.5. The minimum atomic E-state index is -3.67. The molecule has 1 aliphatic rings. The van der Waals surface area contributed by atoms with Gasteiger partial charge in [-0.25, -0.2) is 8.42 Å². The number of amides is 1. The van der Waals surface area contributed by atoms with Gasteiger partial charge in [-0.2, -0.15) is 4.31 Å². The first-order chi connectivity index (χ1) is 13.9. The predicted octanol–water partition coefficient (Wildman–Crippen LogP) is 3.01. The number of nitrogens with one attached hydrogen (secondary N) is 2. The van der Waals surface area contributed by atoms with E-state index in [1.165, 1.54) is 35.3 Å². The number of carbonyl (C=O) groups excluding carboxylic acids is 1. The molecule has 0 radical (unpaired) electrons. The van der Waals surface area contributed by atoms with Gasteiger partial charge in [-0.05, 0) is 31.0 Å². The van der Waals surface area contributed by atoms with Crippen molar-refractivity contribution in [2.45, 2.75) is 63.3 Å². The molecule has 1 heterocycles. The maximum absolute atomic E-state index is 13.0. The third-order valence-electron chi connectivity index (χ3n) is 5.59.